The van der Waals surface area contributed by atoms with Crippen LogP contribution in [-0.2, 0) is 6.54 Å². The Morgan fingerprint density at radius 1 is 1.29 bits per heavy atom. The zero-order chi connectivity index (χ0) is 16.9. The van der Waals surface area contributed by atoms with Crippen molar-refractivity contribution in [2.24, 2.45) is 0 Å². The van der Waals surface area contributed by atoms with Gasteiger partial charge in [0.05, 0.1) is 18.5 Å². The summed E-state index contributed by atoms with van der Waals surface area (Å²) in [4.78, 5) is 12.8. The number of amides is 1. The lowest BCUT2D eigenvalue weighted by atomic mass is 10.3. The van der Waals surface area contributed by atoms with Gasteiger partial charge in [0, 0.05) is 5.69 Å². The van der Waals surface area contributed by atoms with Gasteiger partial charge in [-0.1, -0.05) is 17.8 Å². The van der Waals surface area contributed by atoms with Crippen molar-refractivity contribution in [2.75, 3.05) is 13.4 Å². The van der Waals surface area contributed by atoms with Crippen LogP contribution in [0.4, 0.5) is 0 Å². The van der Waals surface area contributed by atoms with Crippen molar-refractivity contribution in [1.82, 2.24) is 20.1 Å². The van der Waals surface area contributed by atoms with E-state index >= 15 is 0 Å². The second-order valence-electron chi connectivity index (χ2n) is 4.80. The summed E-state index contributed by atoms with van der Waals surface area (Å²) in [6, 6.07) is 11.3. The third-order valence-electron chi connectivity index (χ3n) is 3.37. The Balaban J connectivity index is 1.83. The van der Waals surface area contributed by atoms with Gasteiger partial charge >= 0.3 is 0 Å². The lowest BCUT2D eigenvalue weighted by molar-refractivity contribution is 0.0953. The third kappa shape index (κ3) is 3.44. The standard InChI is InChI=1S/C16H16N4O2S2/c1-22-12-7-5-11(6-8-12)20-14(18-19-16(20)23-2)10-17-15(21)13-4-3-9-24-13/h3-9H,10H2,1-2H3,(H,17,21). The molecule has 6 nitrogen and oxygen atoms in total. The van der Waals surface area contributed by atoms with Crippen LogP contribution in [0, 0.1) is 0 Å². The number of thioether (sulfide) groups is 1. The number of benzene rings is 1. The topological polar surface area (TPSA) is 69.0 Å². The van der Waals surface area contributed by atoms with Gasteiger partial charge in [-0.05, 0) is 42.0 Å². The molecule has 0 spiro atoms. The summed E-state index contributed by atoms with van der Waals surface area (Å²) in [7, 11) is 1.63. The minimum absolute atomic E-state index is 0.111. The number of thiophene rings is 1. The first-order chi connectivity index (χ1) is 11.7. The molecule has 0 aliphatic carbocycles. The van der Waals surface area contributed by atoms with Crippen molar-refractivity contribution in [3.63, 3.8) is 0 Å². The van der Waals surface area contributed by atoms with E-state index in [-0.39, 0.29) is 5.91 Å². The minimum Gasteiger partial charge on any atom is -0.497 e. The van der Waals surface area contributed by atoms with Crippen LogP contribution >= 0.6 is 23.1 Å². The molecular weight excluding hydrogens is 344 g/mol. The highest BCUT2D eigenvalue weighted by atomic mass is 32.2. The van der Waals surface area contributed by atoms with Crippen molar-refractivity contribution in [1.29, 1.82) is 0 Å². The summed E-state index contributed by atoms with van der Waals surface area (Å²) >= 11 is 2.91. The van der Waals surface area contributed by atoms with Crippen LogP contribution in [0.3, 0.4) is 0 Å². The fourth-order valence-electron chi connectivity index (χ4n) is 2.19. The van der Waals surface area contributed by atoms with Crippen molar-refractivity contribution in [2.45, 2.75) is 11.7 Å². The van der Waals surface area contributed by atoms with E-state index in [1.807, 2.05) is 46.5 Å². The van der Waals surface area contributed by atoms with E-state index in [9.17, 15) is 4.79 Å². The molecule has 0 fully saturated rings. The summed E-state index contributed by atoms with van der Waals surface area (Å²) < 4.78 is 7.12. The Hall–Kier alpha value is -2.32. The molecule has 0 saturated heterocycles. The van der Waals surface area contributed by atoms with Crippen LogP contribution in [0.25, 0.3) is 5.69 Å². The van der Waals surface area contributed by atoms with Gasteiger partial charge in [0.15, 0.2) is 11.0 Å². The molecule has 0 saturated carbocycles. The van der Waals surface area contributed by atoms with Crippen LogP contribution in [0.1, 0.15) is 15.5 Å². The summed E-state index contributed by atoms with van der Waals surface area (Å²) in [5.74, 6) is 1.35. The quantitative estimate of drug-likeness (QED) is 0.685. The van der Waals surface area contributed by atoms with Crippen LogP contribution < -0.4 is 10.1 Å². The number of nitrogens with zero attached hydrogens (tertiary/aromatic N) is 3. The van der Waals surface area contributed by atoms with E-state index in [0.717, 1.165) is 16.6 Å². The second kappa shape index (κ2) is 7.50. The predicted molar refractivity (Wildman–Crippen MR) is 95.2 cm³/mol. The molecule has 0 bridgehead atoms. The first-order valence-corrected chi connectivity index (χ1v) is 9.27. The van der Waals surface area contributed by atoms with E-state index < -0.39 is 0 Å². The van der Waals surface area contributed by atoms with Gasteiger partial charge in [-0.2, -0.15) is 0 Å². The number of rotatable bonds is 6. The number of carbonyl (C=O) groups excluding carboxylic acids is 1. The first kappa shape index (κ1) is 16.5. The van der Waals surface area contributed by atoms with E-state index in [2.05, 4.69) is 15.5 Å². The fourth-order valence-corrected chi connectivity index (χ4v) is 3.35. The number of methoxy groups -OCH3 is 1. The lowest BCUT2D eigenvalue weighted by Gasteiger charge is -2.10. The average molecular weight is 360 g/mol. The number of aromatic nitrogens is 3. The molecule has 2 heterocycles. The maximum absolute atomic E-state index is 12.1. The molecule has 2 aromatic heterocycles. The lowest BCUT2D eigenvalue weighted by Crippen LogP contribution is -2.23. The fraction of sp³-hybridized carbons (Fsp3) is 0.188. The highest BCUT2D eigenvalue weighted by Crippen LogP contribution is 2.22. The Morgan fingerprint density at radius 3 is 2.71 bits per heavy atom. The average Bonchev–Trinajstić information content (AvgIpc) is 3.29. The zero-order valence-electron chi connectivity index (χ0n) is 13.2. The summed E-state index contributed by atoms with van der Waals surface area (Å²) in [5.41, 5.74) is 0.922. The zero-order valence-corrected chi connectivity index (χ0v) is 14.9. The monoisotopic (exact) mass is 360 g/mol. The summed E-state index contributed by atoms with van der Waals surface area (Å²) in [6.07, 6.45) is 1.94. The Labute approximate surface area is 147 Å². The van der Waals surface area contributed by atoms with Crippen molar-refractivity contribution in [3.05, 3.63) is 52.5 Å². The van der Waals surface area contributed by atoms with E-state index in [4.69, 9.17) is 4.74 Å². The number of hydrogen-bond acceptors (Lipinski definition) is 6. The Morgan fingerprint density at radius 2 is 2.08 bits per heavy atom. The smallest absolute Gasteiger partial charge is 0.261 e. The largest absolute Gasteiger partial charge is 0.497 e. The van der Waals surface area contributed by atoms with E-state index in [1.54, 1.807) is 13.2 Å². The van der Waals surface area contributed by atoms with Gasteiger partial charge in [0.1, 0.15) is 5.75 Å². The van der Waals surface area contributed by atoms with Crippen LogP contribution in [0.15, 0.2) is 46.9 Å². The summed E-state index contributed by atoms with van der Waals surface area (Å²) in [6.45, 7) is 0.302. The van der Waals surface area contributed by atoms with Crippen molar-refractivity contribution < 1.29 is 9.53 Å². The van der Waals surface area contributed by atoms with Crippen molar-refractivity contribution >= 4 is 29.0 Å². The van der Waals surface area contributed by atoms with E-state index in [1.165, 1.54) is 23.1 Å². The highest BCUT2D eigenvalue weighted by molar-refractivity contribution is 7.98. The predicted octanol–water partition coefficient (Wildman–Crippen LogP) is 2.99. The van der Waals surface area contributed by atoms with Crippen LogP contribution in [0.2, 0.25) is 0 Å². The number of nitrogens with one attached hydrogen (secondary N) is 1. The van der Waals surface area contributed by atoms with Gasteiger partial charge in [-0.25, -0.2) is 0 Å². The van der Waals surface area contributed by atoms with E-state index in [0.29, 0.717) is 17.2 Å². The molecule has 24 heavy (non-hydrogen) atoms. The van der Waals surface area contributed by atoms with Gasteiger partial charge in [-0.3, -0.25) is 9.36 Å². The molecule has 1 N–H and O–H groups in total. The molecule has 1 aromatic carbocycles. The van der Waals surface area contributed by atoms with Gasteiger partial charge < -0.3 is 10.1 Å². The molecule has 0 atom stereocenters. The molecule has 3 rings (SSSR count). The molecule has 1 amide bonds. The molecule has 8 heteroatoms. The van der Waals surface area contributed by atoms with Crippen LogP contribution in [0.5, 0.6) is 5.75 Å². The number of hydrogen-bond donors (Lipinski definition) is 1. The molecule has 0 radical (unpaired) electrons. The number of ether oxygens (including phenoxy) is 1. The molecule has 0 aliphatic heterocycles. The molecule has 0 unspecified atom stereocenters. The SMILES string of the molecule is COc1ccc(-n2c(CNC(=O)c3cccs3)nnc2SC)cc1. The number of carbonyl (C=O) groups is 1. The molecule has 3 aromatic rings. The Bertz CT molecular complexity index is 813. The van der Waals surface area contributed by atoms with Crippen LogP contribution in [-0.4, -0.2) is 34.0 Å². The van der Waals surface area contributed by atoms with Gasteiger partial charge in [0.2, 0.25) is 0 Å². The second-order valence-corrected chi connectivity index (χ2v) is 6.52. The maximum atomic E-state index is 12.1. The Kier molecular flexibility index (Phi) is 5.17. The minimum atomic E-state index is -0.111. The first-order valence-electron chi connectivity index (χ1n) is 7.17. The molecular formula is C16H16N4O2S2. The van der Waals surface area contributed by atoms with Crippen molar-refractivity contribution in [3.8, 4) is 11.4 Å². The summed E-state index contributed by atoms with van der Waals surface area (Å²) in [5, 5.41) is 13.9. The van der Waals surface area contributed by atoms with Gasteiger partial charge in [0.25, 0.3) is 5.91 Å². The molecule has 0 aliphatic rings. The van der Waals surface area contributed by atoms with Gasteiger partial charge in [-0.15, -0.1) is 21.5 Å². The highest BCUT2D eigenvalue weighted by Gasteiger charge is 2.15. The molecule has 124 valence electrons. The normalized spacial score (nSPS) is 10.6. The maximum Gasteiger partial charge on any atom is 0.261 e. The third-order valence-corrected chi connectivity index (χ3v) is 4.86.